The van der Waals surface area contributed by atoms with E-state index in [-0.39, 0.29) is 23.9 Å². The smallest absolute Gasteiger partial charge is 0.254 e. The number of carbonyl (C=O) groups excluding carboxylic acids is 1. The van der Waals surface area contributed by atoms with E-state index >= 15 is 0 Å². The molecule has 0 saturated carbocycles. The molecule has 1 aromatic carbocycles. The Kier molecular flexibility index (Phi) is 5.23. The van der Waals surface area contributed by atoms with Crippen LogP contribution in [0.2, 0.25) is 0 Å². The lowest BCUT2D eigenvalue weighted by Crippen LogP contribution is -2.44. The maximum Gasteiger partial charge on any atom is 0.254 e. The fraction of sp³-hybridized carbons (Fsp3) is 0.444. The van der Waals surface area contributed by atoms with Gasteiger partial charge in [0.25, 0.3) is 5.91 Å². The average molecular weight is 427 g/mol. The van der Waals surface area contributed by atoms with Crippen molar-refractivity contribution in [2.75, 3.05) is 26.2 Å². The Morgan fingerprint density at radius 1 is 1.16 bits per heavy atom. The van der Waals surface area contributed by atoms with Crippen LogP contribution in [0.15, 0.2) is 33.5 Å². The van der Waals surface area contributed by atoms with Crippen LogP contribution in [0.4, 0.5) is 0 Å². The Hall–Kier alpha value is -1.37. The molecule has 1 spiro atoms. The minimum absolute atomic E-state index is 0. The Morgan fingerprint density at radius 3 is 2.60 bits per heavy atom. The molecule has 2 aliphatic rings. The predicted molar refractivity (Wildman–Crippen MR) is 105 cm³/mol. The third-order valence-corrected chi connectivity index (χ3v) is 5.97. The van der Waals surface area contributed by atoms with Crippen molar-refractivity contribution in [1.29, 1.82) is 0 Å². The van der Waals surface area contributed by atoms with Gasteiger partial charge in [0, 0.05) is 41.1 Å². The predicted octanol–water partition coefficient (Wildman–Crippen LogP) is 2.93. The van der Waals surface area contributed by atoms with Gasteiger partial charge >= 0.3 is 0 Å². The summed E-state index contributed by atoms with van der Waals surface area (Å²) in [5, 5.41) is 4.23. The number of nitrogens with zero attached hydrogens (tertiary/aromatic N) is 1. The lowest BCUT2D eigenvalue weighted by molar-refractivity contribution is 0.0609. The number of likely N-dealkylation sites (tertiary alicyclic amines) is 1. The van der Waals surface area contributed by atoms with Gasteiger partial charge in [0.2, 0.25) is 5.56 Å². The van der Waals surface area contributed by atoms with Crippen LogP contribution in [0.25, 0.3) is 10.9 Å². The summed E-state index contributed by atoms with van der Waals surface area (Å²) in [5.74, 6) is -0.0370. The first-order valence-electron chi connectivity index (χ1n) is 8.39. The Labute approximate surface area is 160 Å². The lowest BCUT2D eigenvalue weighted by Gasteiger charge is -2.39. The zero-order valence-electron chi connectivity index (χ0n) is 13.8. The summed E-state index contributed by atoms with van der Waals surface area (Å²) in [6, 6.07) is 7.01. The van der Waals surface area contributed by atoms with Gasteiger partial charge in [-0.1, -0.05) is 15.9 Å². The first-order valence-corrected chi connectivity index (χ1v) is 9.18. The fourth-order valence-electron chi connectivity index (χ4n) is 3.98. The summed E-state index contributed by atoms with van der Waals surface area (Å²) in [6.07, 6.45) is 3.28. The SMILES string of the molecule is Cl.O=C(c1cc(=O)[nH]c2ccc(Br)cc12)N1CCC2(CCNC2)CC1. The van der Waals surface area contributed by atoms with Crippen molar-refractivity contribution in [2.24, 2.45) is 5.41 Å². The molecular weight excluding hydrogens is 406 g/mol. The molecule has 0 bridgehead atoms. The van der Waals surface area contributed by atoms with Gasteiger partial charge in [0.1, 0.15) is 0 Å². The molecule has 2 aromatic rings. The third-order valence-electron chi connectivity index (χ3n) is 5.48. The van der Waals surface area contributed by atoms with Crippen molar-refractivity contribution >= 4 is 45.1 Å². The standard InChI is InChI=1S/C18H20BrN3O2.ClH/c19-12-1-2-15-13(9-12)14(10-16(23)21-15)17(24)22-7-4-18(5-8-22)3-6-20-11-18;/h1-2,9-10,20H,3-8,11H2,(H,21,23);1H. The van der Waals surface area contributed by atoms with Crippen LogP contribution in [-0.2, 0) is 0 Å². The molecular formula is C18H21BrClN3O2. The van der Waals surface area contributed by atoms with Crippen LogP contribution in [0.5, 0.6) is 0 Å². The van der Waals surface area contributed by atoms with Crippen molar-refractivity contribution < 1.29 is 4.79 Å². The van der Waals surface area contributed by atoms with Crippen LogP contribution >= 0.6 is 28.3 Å². The van der Waals surface area contributed by atoms with Gasteiger partial charge in [-0.2, -0.15) is 0 Å². The molecule has 2 aliphatic heterocycles. The largest absolute Gasteiger partial charge is 0.339 e. The number of rotatable bonds is 1. The molecule has 0 radical (unpaired) electrons. The number of benzene rings is 1. The Balaban J connectivity index is 0.00000182. The number of H-pyrrole nitrogens is 1. The highest BCUT2D eigenvalue weighted by molar-refractivity contribution is 9.10. The molecule has 1 aromatic heterocycles. The molecule has 0 unspecified atom stereocenters. The molecule has 5 nitrogen and oxygen atoms in total. The minimum atomic E-state index is -0.235. The summed E-state index contributed by atoms with van der Waals surface area (Å²) >= 11 is 3.45. The second-order valence-electron chi connectivity index (χ2n) is 6.96. The topological polar surface area (TPSA) is 65.2 Å². The molecule has 3 heterocycles. The van der Waals surface area contributed by atoms with E-state index in [9.17, 15) is 9.59 Å². The Bertz CT molecular complexity index is 851. The minimum Gasteiger partial charge on any atom is -0.339 e. The monoisotopic (exact) mass is 425 g/mol. The summed E-state index contributed by atoms with van der Waals surface area (Å²) in [4.78, 5) is 29.7. The third kappa shape index (κ3) is 3.48. The fourth-order valence-corrected chi connectivity index (χ4v) is 4.34. The average Bonchev–Trinajstić information content (AvgIpc) is 3.03. The normalized spacial score (nSPS) is 19.2. The number of nitrogens with one attached hydrogen (secondary N) is 2. The maximum atomic E-state index is 13.0. The van der Waals surface area contributed by atoms with E-state index in [1.807, 2.05) is 23.1 Å². The molecule has 0 aliphatic carbocycles. The van der Waals surface area contributed by atoms with E-state index in [0.717, 1.165) is 48.9 Å². The number of aromatic nitrogens is 1. The number of hydrogen-bond donors (Lipinski definition) is 2. The first-order chi connectivity index (χ1) is 11.6. The van der Waals surface area contributed by atoms with Crippen LogP contribution in [-0.4, -0.2) is 42.0 Å². The highest BCUT2D eigenvalue weighted by Gasteiger charge is 2.38. The van der Waals surface area contributed by atoms with Gasteiger partial charge < -0.3 is 15.2 Å². The second-order valence-corrected chi connectivity index (χ2v) is 7.87. The number of aromatic amines is 1. The molecule has 25 heavy (non-hydrogen) atoms. The molecule has 134 valence electrons. The van der Waals surface area contributed by atoms with Crippen LogP contribution in [0.3, 0.4) is 0 Å². The van der Waals surface area contributed by atoms with E-state index < -0.39 is 0 Å². The summed E-state index contributed by atoms with van der Waals surface area (Å²) in [5.41, 5.74) is 1.33. The van der Waals surface area contributed by atoms with Gasteiger partial charge in [0.15, 0.2) is 0 Å². The van der Waals surface area contributed by atoms with Gasteiger partial charge in [0.05, 0.1) is 5.56 Å². The highest BCUT2D eigenvalue weighted by atomic mass is 79.9. The number of fused-ring (bicyclic) bond motifs is 1. The first kappa shape index (κ1) is 18.4. The van der Waals surface area contributed by atoms with E-state index in [1.54, 1.807) is 0 Å². The zero-order chi connectivity index (χ0) is 16.7. The van der Waals surface area contributed by atoms with Gasteiger partial charge in [-0.3, -0.25) is 9.59 Å². The van der Waals surface area contributed by atoms with E-state index in [2.05, 4.69) is 26.2 Å². The molecule has 0 atom stereocenters. The van der Waals surface area contributed by atoms with Gasteiger partial charge in [-0.25, -0.2) is 0 Å². The molecule has 1 amide bonds. The maximum absolute atomic E-state index is 13.0. The van der Waals surface area contributed by atoms with Crippen LogP contribution in [0, 0.1) is 5.41 Å². The molecule has 7 heteroatoms. The number of pyridine rings is 1. The number of halogens is 2. The number of hydrogen-bond acceptors (Lipinski definition) is 3. The number of piperidine rings is 1. The summed E-state index contributed by atoms with van der Waals surface area (Å²) in [6.45, 7) is 3.68. The van der Waals surface area contributed by atoms with Crippen molar-refractivity contribution in [1.82, 2.24) is 15.2 Å². The van der Waals surface area contributed by atoms with E-state index in [0.29, 0.717) is 16.5 Å². The van der Waals surface area contributed by atoms with Crippen LogP contribution < -0.4 is 10.9 Å². The van der Waals surface area contributed by atoms with Crippen LogP contribution in [0.1, 0.15) is 29.6 Å². The van der Waals surface area contributed by atoms with E-state index in [4.69, 9.17) is 0 Å². The van der Waals surface area contributed by atoms with Crippen molar-refractivity contribution in [3.05, 3.63) is 44.7 Å². The van der Waals surface area contributed by atoms with Crippen molar-refractivity contribution in [3.8, 4) is 0 Å². The van der Waals surface area contributed by atoms with Gasteiger partial charge in [-0.15, -0.1) is 12.4 Å². The molecule has 4 rings (SSSR count). The molecule has 2 N–H and O–H groups in total. The van der Waals surface area contributed by atoms with Gasteiger partial charge in [-0.05, 0) is 49.4 Å². The highest BCUT2D eigenvalue weighted by Crippen LogP contribution is 2.37. The van der Waals surface area contributed by atoms with Crippen molar-refractivity contribution in [2.45, 2.75) is 19.3 Å². The number of amides is 1. The zero-order valence-corrected chi connectivity index (χ0v) is 16.2. The second kappa shape index (κ2) is 7.09. The number of carbonyl (C=O) groups is 1. The summed E-state index contributed by atoms with van der Waals surface area (Å²) in [7, 11) is 0. The quantitative estimate of drug-likeness (QED) is 0.737. The molecule has 2 saturated heterocycles. The van der Waals surface area contributed by atoms with Crippen molar-refractivity contribution in [3.63, 3.8) is 0 Å². The molecule has 2 fully saturated rings. The Morgan fingerprint density at radius 2 is 1.92 bits per heavy atom. The summed E-state index contributed by atoms with van der Waals surface area (Å²) < 4.78 is 0.894. The lowest BCUT2D eigenvalue weighted by atomic mass is 9.77. The van der Waals surface area contributed by atoms with E-state index in [1.165, 1.54) is 12.5 Å².